The number of likely N-dealkylation sites (N-methyl/N-ethyl adjacent to an activating group) is 1. The van der Waals surface area contributed by atoms with E-state index in [2.05, 4.69) is 4.52 Å². The van der Waals surface area contributed by atoms with Crippen LogP contribution in [-0.2, 0) is 23.2 Å². The Hall–Kier alpha value is -1.25. The summed E-state index contributed by atoms with van der Waals surface area (Å²) in [5.41, 5.74) is -0.201. The average Bonchev–Trinajstić information content (AvgIpc) is 2.41. The largest absolute Gasteiger partial charge is 0.545 e. The number of phosphoric ester groups is 1. The van der Waals surface area contributed by atoms with Crippen molar-refractivity contribution >= 4 is 19.8 Å². The summed E-state index contributed by atoms with van der Waals surface area (Å²) in [6.07, 6.45) is 1.49. The second-order valence-corrected chi connectivity index (χ2v) is 7.25. The van der Waals surface area contributed by atoms with Gasteiger partial charge in [-0.25, -0.2) is 9.36 Å². The van der Waals surface area contributed by atoms with Crippen molar-refractivity contribution in [2.24, 2.45) is 0 Å². The molecular formula is C14H28NO8P. The molecule has 0 aromatic rings. The molecule has 0 aromatic carbocycles. The summed E-state index contributed by atoms with van der Waals surface area (Å²) < 4.78 is 21.3. The molecule has 142 valence electrons. The third-order valence-electron chi connectivity index (χ3n) is 2.42. The Morgan fingerprint density at radius 2 is 1.67 bits per heavy atom. The van der Waals surface area contributed by atoms with Crippen LogP contribution >= 0.6 is 7.82 Å². The van der Waals surface area contributed by atoms with Crippen LogP contribution in [0.2, 0.25) is 0 Å². The molecule has 1 unspecified atom stereocenters. The smallest absolute Gasteiger partial charge is 0.472 e. The molecule has 10 heteroatoms. The van der Waals surface area contributed by atoms with Crippen LogP contribution in [0.4, 0.5) is 0 Å². The summed E-state index contributed by atoms with van der Waals surface area (Å²) in [6, 6.07) is 0. The van der Waals surface area contributed by atoms with Gasteiger partial charge in [0.1, 0.15) is 13.2 Å². The lowest BCUT2D eigenvalue weighted by Gasteiger charge is -2.23. The maximum atomic E-state index is 11.2. The highest BCUT2D eigenvalue weighted by Crippen LogP contribution is 2.42. The first-order chi connectivity index (χ1) is 10.8. The van der Waals surface area contributed by atoms with E-state index < -0.39 is 19.8 Å². The summed E-state index contributed by atoms with van der Waals surface area (Å²) in [4.78, 5) is 29.1. The third kappa shape index (κ3) is 17.1. The lowest BCUT2D eigenvalue weighted by atomic mass is 10.2. The zero-order valence-electron chi connectivity index (χ0n) is 14.9. The number of carboxylic acid groups (broad SMARTS) is 2. The summed E-state index contributed by atoms with van der Waals surface area (Å²) in [5, 5.41) is 18.1. The molecule has 0 aliphatic heterocycles. The zero-order valence-corrected chi connectivity index (χ0v) is 15.7. The normalized spacial score (nSPS) is 14.3. The Morgan fingerprint density at radius 1 is 1.17 bits per heavy atom. The van der Waals surface area contributed by atoms with Crippen LogP contribution in [-0.4, -0.2) is 67.3 Å². The molecule has 0 aliphatic carbocycles. The second kappa shape index (κ2) is 12.2. The highest BCUT2D eigenvalue weighted by atomic mass is 31.2. The van der Waals surface area contributed by atoms with Gasteiger partial charge in [0.05, 0.1) is 33.7 Å². The van der Waals surface area contributed by atoms with E-state index in [1.807, 2.05) is 28.1 Å². The molecule has 9 nitrogen and oxygen atoms in total. The highest BCUT2D eigenvalue weighted by molar-refractivity contribution is 7.47. The number of quaternary nitrogens is 1. The molecule has 0 spiro atoms. The maximum absolute atomic E-state index is 11.2. The number of nitrogens with zero attached hydrogens (tertiary/aromatic N) is 1. The number of carbonyl (C=O) groups excluding carboxylic acids is 1. The lowest BCUT2D eigenvalue weighted by Crippen LogP contribution is -2.37. The minimum absolute atomic E-state index is 0.161. The topological polar surface area (TPSA) is 133 Å². The molecule has 0 saturated carbocycles. The number of rotatable bonds is 10. The molecule has 0 saturated heterocycles. The van der Waals surface area contributed by atoms with E-state index in [-0.39, 0.29) is 25.2 Å². The molecule has 0 radical (unpaired) electrons. The molecule has 0 amide bonds. The van der Waals surface area contributed by atoms with Crippen LogP contribution < -0.4 is 5.11 Å². The first kappa shape index (κ1) is 25.0. The summed E-state index contributed by atoms with van der Waals surface area (Å²) in [7, 11) is 2.15. The predicted molar refractivity (Wildman–Crippen MR) is 85.9 cm³/mol. The minimum atomic E-state index is -3.81. The lowest BCUT2D eigenvalue weighted by molar-refractivity contribution is -0.870. The first-order valence-corrected chi connectivity index (χ1v) is 8.91. The summed E-state index contributed by atoms with van der Waals surface area (Å²) >= 11 is 0. The van der Waals surface area contributed by atoms with E-state index in [4.69, 9.17) is 14.5 Å². The van der Waals surface area contributed by atoms with Gasteiger partial charge >= 0.3 is 13.8 Å². The number of phosphoric acid groups is 1. The molecule has 1 atom stereocenters. The number of carbonyl (C=O) groups is 2. The van der Waals surface area contributed by atoms with Gasteiger partial charge < -0.3 is 24.4 Å². The van der Waals surface area contributed by atoms with Crippen molar-refractivity contribution in [2.75, 3.05) is 40.9 Å². The number of hydrogen-bond acceptors (Lipinski definition) is 6. The molecule has 2 N–H and O–H groups in total. The molecule has 0 rings (SSSR count). The van der Waals surface area contributed by atoms with Crippen LogP contribution in [0.25, 0.3) is 0 Å². The van der Waals surface area contributed by atoms with Crippen molar-refractivity contribution < 1.29 is 42.8 Å². The molecule has 0 aliphatic rings. The van der Waals surface area contributed by atoms with Crippen molar-refractivity contribution in [2.45, 2.75) is 26.7 Å². The van der Waals surface area contributed by atoms with E-state index in [1.54, 1.807) is 6.92 Å². The monoisotopic (exact) mass is 369 g/mol. The third-order valence-corrected chi connectivity index (χ3v) is 3.43. The van der Waals surface area contributed by atoms with Crippen LogP contribution in [0.3, 0.4) is 0 Å². The van der Waals surface area contributed by atoms with E-state index in [0.717, 1.165) is 0 Å². The standard InChI is InChI=1S/C8H20NO4P.C6H8O4/c1-5-7-12-14(10,11)13-8-6-9(2,3)4;1-2-4(6(9)10)3-5(7)8/h5-8H2,1-4H3;3H,2H2,1H3,(H,7,8)(H,9,10)/b;4-3+. The number of carboxylic acids is 2. The van der Waals surface area contributed by atoms with Gasteiger partial charge in [-0.3, -0.25) is 9.05 Å². The Balaban J connectivity index is 0. The van der Waals surface area contributed by atoms with E-state index in [0.29, 0.717) is 23.5 Å². The molecule has 0 heterocycles. The molecule has 0 fully saturated rings. The van der Waals surface area contributed by atoms with Gasteiger partial charge in [-0.2, -0.15) is 0 Å². The average molecular weight is 369 g/mol. The van der Waals surface area contributed by atoms with Crippen molar-refractivity contribution in [3.05, 3.63) is 11.6 Å². The SMILES string of the molecule is CC/C(=C\C(=O)O)C(=O)[O-].CCCOP(=O)(O)OCC[N+](C)(C)C. The zero-order chi connectivity index (χ0) is 19.4. The van der Waals surface area contributed by atoms with Gasteiger partial charge in [-0.05, 0) is 18.4 Å². The van der Waals surface area contributed by atoms with Gasteiger partial charge in [0.2, 0.25) is 0 Å². The highest BCUT2D eigenvalue weighted by Gasteiger charge is 2.21. The van der Waals surface area contributed by atoms with Gasteiger partial charge in [0.15, 0.2) is 0 Å². The van der Waals surface area contributed by atoms with Crippen LogP contribution in [0, 0.1) is 0 Å². The minimum Gasteiger partial charge on any atom is -0.545 e. The first-order valence-electron chi connectivity index (χ1n) is 7.41. The van der Waals surface area contributed by atoms with Crippen LogP contribution in [0.15, 0.2) is 11.6 Å². The van der Waals surface area contributed by atoms with E-state index in [1.165, 1.54) is 0 Å². The molecular weight excluding hydrogens is 341 g/mol. The van der Waals surface area contributed by atoms with Gasteiger partial charge in [0, 0.05) is 6.08 Å². The second-order valence-electron chi connectivity index (χ2n) is 5.80. The van der Waals surface area contributed by atoms with E-state index >= 15 is 0 Å². The Kier molecular flexibility index (Phi) is 12.7. The maximum Gasteiger partial charge on any atom is 0.472 e. The quantitative estimate of drug-likeness (QED) is 0.321. The number of aliphatic carboxylic acids is 2. The Labute approximate surface area is 142 Å². The van der Waals surface area contributed by atoms with Crippen molar-refractivity contribution in [3.63, 3.8) is 0 Å². The van der Waals surface area contributed by atoms with Crippen molar-refractivity contribution in [1.82, 2.24) is 0 Å². The van der Waals surface area contributed by atoms with Gasteiger partial charge in [0.25, 0.3) is 0 Å². The van der Waals surface area contributed by atoms with Gasteiger partial charge in [-0.1, -0.05) is 13.8 Å². The fourth-order valence-electron chi connectivity index (χ4n) is 1.13. The van der Waals surface area contributed by atoms with E-state index in [9.17, 15) is 19.3 Å². The van der Waals surface area contributed by atoms with Gasteiger partial charge in [-0.15, -0.1) is 0 Å². The summed E-state index contributed by atoms with van der Waals surface area (Å²) in [5.74, 6) is -2.69. The Bertz CT molecular complexity index is 470. The molecule has 24 heavy (non-hydrogen) atoms. The van der Waals surface area contributed by atoms with Crippen LogP contribution in [0.5, 0.6) is 0 Å². The molecule has 0 bridgehead atoms. The fourth-order valence-corrected chi connectivity index (χ4v) is 1.93. The molecule has 0 aromatic heterocycles. The van der Waals surface area contributed by atoms with Crippen molar-refractivity contribution in [1.29, 1.82) is 0 Å². The number of hydrogen-bond donors (Lipinski definition) is 2. The van der Waals surface area contributed by atoms with Crippen LogP contribution in [0.1, 0.15) is 26.7 Å². The fraction of sp³-hybridized carbons (Fsp3) is 0.714. The van der Waals surface area contributed by atoms with Crippen molar-refractivity contribution in [3.8, 4) is 0 Å². The summed E-state index contributed by atoms with van der Waals surface area (Å²) in [6.45, 7) is 4.55. The predicted octanol–water partition coefficient (Wildman–Crippen LogP) is 0.394. The Morgan fingerprint density at radius 3 is 1.96 bits per heavy atom.